The van der Waals surface area contributed by atoms with E-state index in [4.69, 9.17) is 0 Å². The summed E-state index contributed by atoms with van der Waals surface area (Å²) in [5.74, 6) is -5.66. The molecule has 0 aliphatic rings. The topological polar surface area (TPSA) is 62.3 Å². The fraction of sp³-hybridized carbons (Fsp3) is 0.278. The van der Waals surface area contributed by atoms with Gasteiger partial charge in [-0.15, -0.1) is 0 Å². The van der Waals surface area contributed by atoms with Gasteiger partial charge < -0.3 is 10.2 Å². The molecule has 0 radical (unpaired) electrons. The minimum atomic E-state index is -1.68. The Bertz CT molecular complexity index is 827. The Balaban J connectivity index is 2.18. The van der Waals surface area contributed by atoms with Crippen molar-refractivity contribution < 1.29 is 22.8 Å². The van der Waals surface area contributed by atoms with Crippen molar-refractivity contribution in [1.29, 1.82) is 0 Å². The Hall–Kier alpha value is -2.90. The number of halogens is 3. The number of hydrogen-bond donors (Lipinski definition) is 1. The summed E-state index contributed by atoms with van der Waals surface area (Å²) in [6.45, 7) is 2.55. The highest BCUT2D eigenvalue weighted by molar-refractivity contribution is 6.05. The molecule has 0 saturated heterocycles. The monoisotopic (exact) mass is 365 g/mol. The summed E-state index contributed by atoms with van der Waals surface area (Å²) in [5, 5.41) is 2.15. The van der Waals surface area contributed by atoms with E-state index in [-0.39, 0.29) is 17.2 Å². The van der Waals surface area contributed by atoms with Crippen LogP contribution in [0.2, 0.25) is 0 Å². The number of nitrogens with zero attached hydrogens (tertiary/aromatic N) is 2. The van der Waals surface area contributed by atoms with E-state index in [1.807, 2.05) is 6.92 Å². The second-order valence-corrected chi connectivity index (χ2v) is 5.69. The Morgan fingerprint density at radius 1 is 1.15 bits per heavy atom. The Morgan fingerprint density at radius 3 is 2.58 bits per heavy atom. The maximum absolute atomic E-state index is 13.7. The van der Waals surface area contributed by atoms with Crippen LogP contribution in [0.1, 0.15) is 40.6 Å². The second-order valence-electron chi connectivity index (χ2n) is 5.69. The Labute approximate surface area is 148 Å². The lowest BCUT2D eigenvalue weighted by Gasteiger charge is -2.16. The summed E-state index contributed by atoms with van der Waals surface area (Å²) in [5.41, 5.74) is -0.406. The zero-order valence-corrected chi connectivity index (χ0v) is 14.4. The number of benzene rings is 1. The number of hydrogen-bond acceptors (Lipinski definition) is 3. The highest BCUT2D eigenvalue weighted by Crippen LogP contribution is 2.20. The predicted octanol–water partition coefficient (Wildman–Crippen LogP) is 3.62. The van der Waals surface area contributed by atoms with E-state index >= 15 is 0 Å². The van der Waals surface area contributed by atoms with E-state index in [1.165, 1.54) is 23.2 Å². The van der Waals surface area contributed by atoms with Gasteiger partial charge in [-0.2, -0.15) is 0 Å². The maximum Gasteiger partial charge on any atom is 0.272 e. The van der Waals surface area contributed by atoms with E-state index in [2.05, 4.69) is 10.3 Å². The number of carbonyl (C=O) groups excluding carboxylic acids is 2. The molecular weight excluding hydrogens is 347 g/mol. The van der Waals surface area contributed by atoms with Gasteiger partial charge >= 0.3 is 0 Å². The normalized spacial score (nSPS) is 10.5. The lowest BCUT2D eigenvalue weighted by molar-refractivity contribution is 0.0787. The predicted molar refractivity (Wildman–Crippen MR) is 90.4 cm³/mol. The van der Waals surface area contributed by atoms with Crippen LogP contribution in [0, 0.1) is 17.5 Å². The Kier molecular flexibility index (Phi) is 6.32. The van der Waals surface area contributed by atoms with Gasteiger partial charge in [0, 0.05) is 25.4 Å². The number of aromatic nitrogens is 1. The molecule has 0 fully saturated rings. The molecule has 0 spiro atoms. The third-order valence-electron chi connectivity index (χ3n) is 3.72. The summed E-state index contributed by atoms with van der Waals surface area (Å²) in [6.07, 6.45) is 3.03. The average molecular weight is 365 g/mol. The van der Waals surface area contributed by atoms with Crippen molar-refractivity contribution in [3.05, 3.63) is 59.2 Å². The molecule has 8 heteroatoms. The van der Waals surface area contributed by atoms with Crippen molar-refractivity contribution in [3.63, 3.8) is 0 Å². The standard InChI is InChI=1S/C18H18F3N3O2/c1-3-4-9-24(2)18(26)14-10-11(7-8-22-14)17(25)23-13-6-5-12(19)15(20)16(13)21/h5-8,10H,3-4,9H2,1-2H3,(H,23,25). The van der Waals surface area contributed by atoms with Crippen molar-refractivity contribution in [1.82, 2.24) is 9.88 Å². The zero-order chi connectivity index (χ0) is 19.3. The third kappa shape index (κ3) is 4.38. The van der Waals surface area contributed by atoms with Crippen molar-refractivity contribution in [3.8, 4) is 0 Å². The van der Waals surface area contributed by atoms with E-state index in [1.54, 1.807) is 7.05 Å². The molecular formula is C18H18F3N3O2. The van der Waals surface area contributed by atoms with Crippen molar-refractivity contribution in [2.75, 3.05) is 18.9 Å². The molecule has 0 aliphatic heterocycles. The van der Waals surface area contributed by atoms with Crippen molar-refractivity contribution >= 4 is 17.5 Å². The van der Waals surface area contributed by atoms with Crippen LogP contribution in [0.5, 0.6) is 0 Å². The number of amides is 2. The van der Waals surface area contributed by atoms with Gasteiger partial charge in [0.25, 0.3) is 11.8 Å². The molecule has 2 aromatic rings. The van der Waals surface area contributed by atoms with E-state index in [9.17, 15) is 22.8 Å². The van der Waals surface area contributed by atoms with E-state index < -0.39 is 29.0 Å². The summed E-state index contributed by atoms with van der Waals surface area (Å²) in [6, 6.07) is 4.21. The largest absolute Gasteiger partial charge is 0.340 e. The van der Waals surface area contributed by atoms with E-state index in [0.717, 1.165) is 18.9 Å². The average Bonchev–Trinajstić information content (AvgIpc) is 2.65. The fourth-order valence-corrected chi connectivity index (χ4v) is 2.20. The quantitative estimate of drug-likeness (QED) is 0.796. The molecule has 2 rings (SSSR count). The number of pyridine rings is 1. The van der Waals surface area contributed by atoms with Gasteiger partial charge in [0.15, 0.2) is 17.5 Å². The highest BCUT2D eigenvalue weighted by atomic mass is 19.2. The van der Waals surface area contributed by atoms with Crippen molar-refractivity contribution in [2.45, 2.75) is 19.8 Å². The Morgan fingerprint density at radius 2 is 1.88 bits per heavy atom. The minimum absolute atomic E-state index is 0.0383. The molecule has 0 bridgehead atoms. The first-order chi connectivity index (χ1) is 12.3. The SMILES string of the molecule is CCCCN(C)C(=O)c1cc(C(=O)Nc2ccc(F)c(F)c2F)ccn1. The molecule has 1 aromatic carbocycles. The van der Waals surface area contributed by atoms with Gasteiger partial charge in [-0.1, -0.05) is 13.3 Å². The number of unbranched alkanes of at least 4 members (excludes halogenated alkanes) is 1. The molecule has 26 heavy (non-hydrogen) atoms. The molecule has 1 N–H and O–H groups in total. The van der Waals surface area contributed by atoms with E-state index in [0.29, 0.717) is 12.6 Å². The first-order valence-corrected chi connectivity index (χ1v) is 8.01. The van der Waals surface area contributed by atoms with Crippen LogP contribution in [-0.4, -0.2) is 35.3 Å². The first kappa shape index (κ1) is 19.4. The van der Waals surface area contributed by atoms with Crippen LogP contribution < -0.4 is 5.32 Å². The fourth-order valence-electron chi connectivity index (χ4n) is 2.20. The first-order valence-electron chi connectivity index (χ1n) is 8.01. The molecule has 1 aromatic heterocycles. The van der Waals surface area contributed by atoms with Gasteiger partial charge in [-0.3, -0.25) is 14.6 Å². The van der Waals surface area contributed by atoms with Crippen LogP contribution in [0.4, 0.5) is 18.9 Å². The summed E-state index contributed by atoms with van der Waals surface area (Å²) in [4.78, 5) is 30.0. The third-order valence-corrected chi connectivity index (χ3v) is 3.72. The van der Waals surface area contributed by atoms with Crippen LogP contribution in [0.15, 0.2) is 30.5 Å². The summed E-state index contributed by atoms with van der Waals surface area (Å²) in [7, 11) is 1.63. The van der Waals surface area contributed by atoms with Gasteiger partial charge in [-0.05, 0) is 30.7 Å². The molecule has 0 atom stereocenters. The molecule has 5 nitrogen and oxygen atoms in total. The number of carbonyl (C=O) groups is 2. The smallest absolute Gasteiger partial charge is 0.272 e. The molecule has 138 valence electrons. The molecule has 0 saturated carbocycles. The lowest BCUT2D eigenvalue weighted by atomic mass is 10.2. The highest BCUT2D eigenvalue weighted by Gasteiger charge is 2.18. The molecule has 0 aliphatic carbocycles. The lowest BCUT2D eigenvalue weighted by Crippen LogP contribution is -2.28. The summed E-state index contributed by atoms with van der Waals surface area (Å²) >= 11 is 0. The molecule has 1 heterocycles. The van der Waals surface area contributed by atoms with Crippen LogP contribution in [0.25, 0.3) is 0 Å². The van der Waals surface area contributed by atoms with Gasteiger partial charge in [-0.25, -0.2) is 13.2 Å². The summed E-state index contributed by atoms with van der Waals surface area (Å²) < 4.78 is 39.9. The molecule has 2 amide bonds. The van der Waals surface area contributed by atoms with Gasteiger partial charge in [0.2, 0.25) is 0 Å². The van der Waals surface area contributed by atoms with Crippen LogP contribution in [-0.2, 0) is 0 Å². The number of rotatable bonds is 6. The number of anilines is 1. The van der Waals surface area contributed by atoms with Crippen LogP contribution >= 0.6 is 0 Å². The second kappa shape index (κ2) is 8.46. The maximum atomic E-state index is 13.7. The van der Waals surface area contributed by atoms with Gasteiger partial charge in [0.1, 0.15) is 5.69 Å². The number of nitrogens with one attached hydrogen (secondary N) is 1. The van der Waals surface area contributed by atoms with Gasteiger partial charge in [0.05, 0.1) is 5.69 Å². The van der Waals surface area contributed by atoms with Crippen molar-refractivity contribution in [2.24, 2.45) is 0 Å². The van der Waals surface area contributed by atoms with Crippen LogP contribution in [0.3, 0.4) is 0 Å². The minimum Gasteiger partial charge on any atom is -0.340 e. The zero-order valence-electron chi connectivity index (χ0n) is 14.4. The molecule has 0 unspecified atom stereocenters.